The third-order valence-corrected chi connectivity index (χ3v) is 4.90. The van der Waals surface area contributed by atoms with E-state index < -0.39 is 72.4 Å². The second-order valence-corrected chi connectivity index (χ2v) is 8.18. The third-order valence-electron chi connectivity index (χ3n) is 4.90. The van der Waals surface area contributed by atoms with Crippen molar-refractivity contribution in [2.45, 2.75) is 90.6 Å². The summed E-state index contributed by atoms with van der Waals surface area (Å²) >= 11 is 0. The molecule has 0 spiro atoms. The first-order valence-corrected chi connectivity index (χ1v) is 11.4. The minimum Gasteiger partial charge on any atom is -0.480 e. The fourth-order valence-electron chi connectivity index (χ4n) is 3.40. The van der Waals surface area contributed by atoms with Crippen molar-refractivity contribution in [3.05, 3.63) is 0 Å². The smallest absolute Gasteiger partial charge is 0.325 e. The number of carbonyl (C=O) groups is 6. The average molecular weight is 519 g/mol. The molecule has 1 heterocycles. The van der Waals surface area contributed by atoms with Crippen LogP contribution in [0.1, 0.15) is 53.9 Å². The summed E-state index contributed by atoms with van der Waals surface area (Å²) in [4.78, 5) is 69.4. The van der Waals surface area contributed by atoms with E-state index in [2.05, 4.69) is 10.6 Å². The van der Waals surface area contributed by atoms with Crippen LogP contribution in [0.15, 0.2) is 0 Å². The molecule has 36 heavy (non-hydrogen) atoms. The van der Waals surface area contributed by atoms with Crippen LogP contribution >= 0.6 is 0 Å². The van der Waals surface area contributed by atoms with Gasteiger partial charge in [-0.15, -0.1) is 0 Å². The maximum absolute atomic E-state index is 11.9. The van der Waals surface area contributed by atoms with Crippen LogP contribution in [0.4, 0.5) is 0 Å². The molecule has 0 bridgehead atoms. The number of carboxylic acids is 1. The molecule has 1 saturated heterocycles. The highest BCUT2D eigenvalue weighted by Gasteiger charge is 2.51. The van der Waals surface area contributed by atoms with Crippen LogP contribution in [0.5, 0.6) is 0 Å². The van der Waals surface area contributed by atoms with Gasteiger partial charge in [0.05, 0.1) is 0 Å². The number of rotatable bonds is 13. The standard InChI is InChI=1S/C22H34N2O12/c1-11(21(30)31)23-17(29)8-6-7-9-32-22-18(24-12(2)25)20(35-15(5)28)19(34-14(4)27)16(36-22)10-33-13(3)26/h11,16,18-20,22H,6-10H2,1-5H3,(H,23,29)(H,24,25)(H,30,31)/t11-,16+,18+,19-,20+,22+/m0/s1. The van der Waals surface area contributed by atoms with Crippen molar-refractivity contribution in [1.29, 1.82) is 0 Å². The first kappa shape index (κ1) is 30.8. The number of unbranched alkanes of at least 4 members (excludes halogenated alkanes) is 1. The molecule has 6 atom stereocenters. The number of nitrogens with one attached hydrogen (secondary N) is 2. The third kappa shape index (κ3) is 11.0. The SMILES string of the molecule is CC(=O)N[C@H]1[C@H](OCCCCC(=O)N[C@@H](C)C(=O)O)O[C@H](COC(C)=O)[C@H](OC(C)=O)[C@@H]1OC(C)=O. The normalized spacial score (nSPS) is 24.1. The van der Waals surface area contributed by atoms with E-state index in [-0.39, 0.29) is 19.6 Å². The van der Waals surface area contributed by atoms with Gasteiger partial charge in [-0.25, -0.2) is 0 Å². The number of ether oxygens (including phenoxy) is 5. The molecule has 1 aliphatic rings. The van der Waals surface area contributed by atoms with E-state index in [9.17, 15) is 28.8 Å². The minimum atomic E-state index is -1.22. The summed E-state index contributed by atoms with van der Waals surface area (Å²) in [6.07, 6.45) is -3.94. The summed E-state index contributed by atoms with van der Waals surface area (Å²) in [5.41, 5.74) is 0. The van der Waals surface area contributed by atoms with E-state index >= 15 is 0 Å². The predicted molar refractivity (Wildman–Crippen MR) is 119 cm³/mol. The maximum atomic E-state index is 11.9. The fraction of sp³-hybridized carbons (Fsp3) is 0.727. The van der Waals surface area contributed by atoms with Crippen LogP contribution in [-0.2, 0) is 52.5 Å². The van der Waals surface area contributed by atoms with Gasteiger partial charge in [-0.05, 0) is 19.8 Å². The second kappa shape index (κ2) is 15.0. The Kier molecular flexibility index (Phi) is 12.8. The molecule has 0 unspecified atom stereocenters. The van der Waals surface area contributed by atoms with Crippen LogP contribution in [-0.4, -0.2) is 90.7 Å². The van der Waals surface area contributed by atoms with E-state index in [1.807, 2.05) is 0 Å². The molecule has 3 N–H and O–H groups in total. The molecule has 204 valence electrons. The number of hydrogen-bond acceptors (Lipinski definition) is 11. The molecule has 1 aliphatic heterocycles. The highest BCUT2D eigenvalue weighted by molar-refractivity contribution is 5.83. The number of esters is 3. The van der Waals surface area contributed by atoms with Crippen molar-refractivity contribution in [3.63, 3.8) is 0 Å². The Morgan fingerprint density at radius 3 is 2.06 bits per heavy atom. The number of carboxylic acid groups (broad SMARTS) is 1. The average Bonchev–Trinajstić information content (AvgIpc) is 2.74. The lowest BCUT2D eigenvalue weighted by molar-refractivity contribution is -0.277. The highest BCUT2D eigenvalue weighted by atomic mass is 16.7. The molecular formula is C22H34N2O12. The van der Waals surface area contributed by atoms with Gasteiger partial charge in [0.25, 0.3) is 0 Å². The van der Waals surface area contributed by atoms with Crippen LogP contribution in [0, 0.1) is 0 Å². The van der Waals surface area contributed by atoms with Crippen molar-refractivity contribution in [2.24, 2.45) is 0 Å². The quantitative estimate of drug-likeness (QED) is 0.160. The molecule has 0 radical (unpaired) electrons. The van der Waals surface area contributed by atoms with Gasteiger partial charge in [0, 0.05) is 40.7 Å². The van der Waals surface area contributed by atoms with E-state index in [0.717, 1.165) is 13.8 Å². The Bertz CT molecular complexity index is 817. The summed E-state index contributed by atoms with van der Waals surface area (Å²) in [5.74, 6) is -4.15. The van der Waals surface area contributed by atoms with Gasteiger partial charge in [-0.3, -0.25) is 28.8 Å². The van der Waals surface area contributed by atoms with Crippen molar-refractivity contribution in [3.8, 4) is 0 Å². The lowest BCUT2D eigenvalue weighted by atomic mass is 9.96. The predicted octanol–water partition coefficient (Wildman–Crippen LogP) is -0.581. The summed E-state index contributed by atoms with van der Waals surface area (Å²) in [6.45, 7) is 5.72. The van der Waals surface area contributed by atoms with Crippen molar-refractivity contribution >= 4 is 35.7 Å². The molecular weight excluding hydrogens is 484 g/mol. The van der Waals surface area contributed by atoms with E-state index in [1.54, 1.807) is 0 Å². The highest BCUT2D eigenvalue weighted by Crippen LogP contribution is 2.28. The van der Waals surface area contributed by atoms with Gasteiger partial charge in [0.15, 0.2) is 18.5 Å². The Balaban J connectivity index is 2.95. The van der Waals surface area contributed by atoms with Crippen molar-refractivity contribution in [2.75, 3.05) is 13.2 Å². The topological polar surface area (TPSA) is 193 Å². The minimum absolute atomic E-state index is 0.0494. The van der Waals surface area contributed by atoms with E-state index in [1.165, 1.54) is 20.8 Å². The zero-order valence-corrected chi connectivity index (χ0v) is 20.9. The van der Waals surface area contributed by atoms with Gasteiger partial charge in [0.1, 0.15) is 24.8 Å². The lowest BCUT2D eigenvalue weighted by Crippen LogP contribution is -2.66. The zero-order valence-electron chi connectivity index (χ0n) is 20.9. The van der Waals surface area contributed by atoms with Gasteiger partial charge >= 0.3 is 23.9 Å². The number of carbonyl (C=O) groups excluding carboxylic acids is 5. The van der Waals surface area contributed by atoms with Gasteiger partial charge in [-0.2, -0.15) is 0 Å². The molecule has 0 aromatic carbocycles. The Hall–Kier alpha value is -3.26. The Morgan fingerprint density at radius 1 is 0.917 bits per heavy atom. The zero-order chi connectivity index (χ0) is 27.4. The second-order valence-electron chi connectivity index (χ2n) is 8.18. The van der Waals surface area contributed by atoms with Gasteiger partial charge in [-0.1, -0.05) is 0 Å². The fourth-order valence-corrected chi connectivity index (χ4v) is 3.40. The monoisotopic (exact) mass is 518 g/mol. The molecule has 14 heteroatoms. The van der Waals surface area contributed by atoms with E-state index in [4.69, 9.17) is 28.8 Å². The van der Waals surface area contributed by atoms with E-state index in [0.29, 0.717) is 12.8 Å². The first-order valence-electron chi connectivity index (χ1n) is 11.4. The Morgan fingerprint density at radius 2 is 1.53 bits per heavy atom. The summed E-state index contributed by atoms with van der Waals surface area (Å²) < 4.78 is 27.3. The Labute approximate surface area is 208 Å². The van der Waals surface area contributed by atoms with Crippen LogP contribution in [0.3, 0.4) is 0 Å². The molecule has 0 aromatic heterocycles. The first-order chi connectivity index (χ1) is 16.8. The lowest BCUT2D eigenvalue weighted by Gasteiger charge is -2.44. The number of amides is 2. The summed E-state index contributed by atoms with van der Waals surface area (Å²) in [7, 11) is 0. The molecule has 0 aromatic rings. The summed E-state index contributed by atoms with van der Waals surface area (Å²) in [5, 5.41) is 13.8. The van der Waals surface area contributed by atoms with Gasteiger partial charge in [0.2, 0.25) is 11.8 Å². The maximum Gasteiger partial charge on any atom is 0.325 e. The summed E-state index contributed by atoms with van der Waals surface area (Å²) in [6, 6.07) is -2.09. The largest absolute Gasteiger partial charge is 0.480 e. The van der Waals surface area contributed by atoms with Gasteiger partial charge < -0.3 is 39.4 Å². The number of aliphatic carboxylic acids is 1. The van der Waals surface area contributed by atoms with Crippen molar-refractivity contribution in [1.82, 2.24) is 10.6 Å². The molecule has 2 amide bonds. The molecule has 0 saturated carbocycles. The van der Waals surface area contributed by atoms with Crippen LogP contribution < -0.4 is 10.6 Å². The number of hydrogen-bond donors (Lipinski definition) is 3. The van der Waals surface area contributed by atoms with Crippen molar-refractivity contribution < 1.29 is 57.6 Å². The molecule has 14 nitrogen and oxygen atoms in total. The molecule has 0 aliphatic carbocycles. The van der Waals surface area contributed by atoms with Crippen LogP contribution in [0.25, 0.3) is 0 Å². The molecule has 1 fully saturated rings. The van der Waals surface area contributed by atoms with Crippen LogP contribution in [0.2, 0.25) is 0 Å². The molecule has 1 rings (SSSR count).